The molecule has 4 aliphatic carbocycles. The van der Waals surface area contributed by atoms with Crippen molar-refractivity contribution in [2.24, 2.45) is 34.5 Å². The number of aliphatic hydroxyl groups is 1. The number of ketones is 1. The number of allylic oxidation sites excluding steroid dienone is 1. The van der Waals surface area contributed by atoms with E-state index in [0.29, 0.717) is 29.5 Å². The maximum Gasteiger partial charge on any atom is 0.133 e. The third-order valence-corrected chi connectivity index (χ3v) is 9.58. The molecule has 1 heterocycles. The van der Waals surface area contributed by atoms with Gasteiger partial charge in [0.15, 0.2) is 0 Å². The van der Waals surface area contributed by atoms with Crippen LogP contribution in [-0.4, -0.2) is 20.9 Å². The highest BCUT2D eigenvalue weighted by Gasteiger charge is 2.58. The summed E-state index contributed by atoms with van der Waals surface area (Å²) in [6.45, 7) is 4.96. The lowest BCUT2D eigenvalue weighted by molar-refractivity contribution is -0.137. The quantitative estimate of drug-likeness (QED) is 0.729. The molecule has 4 nitrogen and oxygen atoms in total. The molecule has 1 aromatic rings. The van der Waals surface area contributed by atoms with Gasteiger partial charge in [-0.1, -0.05) is 25.5 Å². The average Bonchev–Trinajstić information content (AvgIpc) is 3.05. The number of hydrogen-bond donors (Lipinski definition) is 1. The van der Waals surface area contributed by atoms with Crippen LogP contribution in [0.2, 0.25) is 0 Å². The van der Waals surface area contributed by atoms with Crippen LogP contribution in [0.3, 0.4) is 0 Å². The van der Waals surface area contributed by atoms with Crippen LogP contribution in [0.15, 0.2) is 30.2 Å². The van der Waals surface area contributed by atoms with Gasteiger partial charge in [-0.05, 0) is 79.1 Å². The predicted molar refractivity (Wildman–Crippen MR) is 112 cm³/mol. The Hall–Kier alpha value is -1.55. The van der Waals surface area contributed by atoms with Crippen LogP contribution in [0.5, 0.6) is 0 Å². The first-order valence-electron chi connectivity index (χ1n) is 11.6. The van der Waals surface area contributed by atoms with Crippen molar-refractivity contribution in [1.82, 2.24) is 9.97 Å². The van der Waals surface area contributed by atoms with Crippen LogP contribution < -0.4 is 0 Å². The molecule has 7 atom stereocenters. The fraction of sp³-hybridized carbons (Fsp3) is 0.720. The van der Waals surface area contributed by atoms with Crippen molar-refractivity contribution in [3.05, 3.63) is 35.9 Å². The molecule has 156 valence electrons. The average molecular weight is 395 g/mol. The molecule has 0 aromatic carbocycles. The summed E-state index contributed by atoms with van der Waals surface area (Å²) in [6, 6.07) is 1.82. The van der Waals surface area contributed by atoms with Gasteiger partial charge in [0.05, 0.1) is 11.8 Å². The van der Waals surface area contributed by atoms with Gasteiger partial charge in [-0.25, -0.2) is 9.97 Å². The van der Waals surface area contributed by atoms with Gasteiger partial charge in [-0.3, -0.25) is 4.79 Å². The summed E-state index contributed by atoms with van der Waals surface area (Å²) in [4.78, 5) is 20.3. The zero-order chi connectivity index (χ0) is 20.2. The maximum absolute atomic E-state index is 12.1. The molecule has 0 aliphatic heterocycles. The van der Waals surface area contributed by atoms with E-state index in [0.717, 1.165) is 43.2 Å². The van der Waals surface area contributed by atoms with E-state index in [2.05, 4.69) is 29.9 Å². The van der Waals surface area contributed by atoms with Gasteiger partial charge >= 0.3 is 0 Å². The zero-order valence-electron chi connectivity index (χ0n) is 17.8. The molecule has 4 heteroatoms. The summed E-state index contributed by atoms with van der Waals surface area (Å²) in [7, 11) is 0. The van der Waals surface area contributed by atoms with E-state index in [1.807, 2.05) is 6.07 Å². The highest BCUT2D eigenvalue weighted by Crippen LogP contribution is 2.66. The largest absolute Gasteiger partial charge is 0.386 e. The Kier molecular flexibility index (Phi) is 4.69. The lowest BCUT2D eigenvalue weighted by Crippen LogP contribution is -2.53. The van der Waals surface area contributed by atoms with Crippen LogP contribution in [-0.2, 0) is 4.79 Å². The van der Waals surface area contributed by atoms with E-state index >= 15 is 0 Å². The van der Waals surface area contributed by atoms with Crippen LogP contribution in [0.1, 0.15) is 83.4 Å². The summed E-state index contributed by atoms with van der Waals surface area (Å²) >= 11 is 0. The Bertz CT molecular complexity index is 821. The van der Waals surface area contributed by atoms with Gasteiger partial charge in [0, 0.05) is 25.5 Å². The Morgan fingerprint density at radius 2 is 2.07 bits per heavy atom. The van der Waals surface area contributed by atoms with E-state index in [-0.39, 0.29) is 5.41 Å². The van der Waals surface area contributed by atoms with Crippen molar-refractivity contribution in [3.8, 4) is 0 Å². The second-order valence-corrected chi connectivity index (χ2v) is 10.7. The van der Waals surface area contributed by atoms with Crippen LogP contribution in [0, 0.1) is 34.5 Å². The van der Waals surface area contributed by atoms with Crippen molar-refractivity contribution < 1.29 is 9.90 Å². The molecule has 2 unspecified atom stereocenters. The third-order valence-electron chi connectivity index (χ3n) is 9.58. The second kappa shape index (κ2) is 7.01. The van der Waals surface area contributed by atoms with Crippen molar-refractivity contribution in [3.63, 3.8) is 0 Å². The van der Waals surface area contributed by atoms with Crippen LogP contribution in [0.25, 0.3) is 0 Å². The lowest BCUT2D eigenvalue weighted by atomic mass is 9.44. The number of carbonyl (C=O) groups is 1. The number of Topliss-reactive ketones (excluding diaryl/α,β-unsaturated/α-hetero) is 1. The van der Waals surface area contributed by atoms with Crippen LogP contribution >= 0.6 is 0 Å². The molecule has 1 N–H and O–H groups in total. The summed E-state index contributed by atoms with van der Waals surface area (Å²) in [6.07, 6.45) is 14.7. The van der Waals surface area contributed by atoms with Gasteiger partial charge in [0.2, 0.25) is 0 Å². The molecular weight excluding hydrogens is 360 g/mol. The van der Waals surface area contributed by atoms with Gasteiger partial charge in [-0.15, -0.1) is 0 Å². The van der Waals surface area contributed by atoms with Crippen molar-refractivity contribution >= 4 is 5.78 Å². The number of hydrogen-bond acceptors (Lipinski definition) is 4. The lowest BCUT2D eigenvalue weighted by Gasteiger charge is -2.60. The number of rotatable bonds is 3. The molecule has 0 amide bonds. The Labute approximate surface area is 174 Å². The van der Waals surface area contributed by atoms with E-state index in [1.165, 1.54) is 37.6 Å². The van der Waals surface area contributed by atoms with E-state index in [9.17, 15) is 9.90 Å². The van der Waals surface area contributed by atoms with E-state index in [4.69, 9.17) is 0 Å². The fourth-order valence-corrected chi connectivity index (χ4v) is 7.83. The molecule has 3 saturated carbocycles. The first-order valence-corrected chi connectivity index (χ1v) is 11.6. The van der Waals surface area contributed by atoms with Crippen molar-refractivity contribution in [2.75, 3.05) is 0 Å². The maximum atomic E-state index is 12.1. The van der Waals surface area contributed by atoms with E-state index < -0.39 is 6.10 Å². The normalized spacial score (nSPS) is 42.4. The molecular formula is C25H34N2O2. The summed E-state index contributed by atoms with van der Waals surface area (Å²) in [5.41, 5.74) is 2.74. The second-order valence-electron chi connectivity index (χ2n) is 10.7. The molecule has 4 aliphatic rings. The highest BCUT2D eigenvalue weighted by molar-refractivity contribution is 5.79. The number of carbonyl (C=O) groups excluding carboxylic acids is 1. The minimum absolute atomic E-state index is 0.211. The predicted octanol–water partition coefficient (Wildman–Crippen LogP) is 5.05. The first kappa shape index (κ1) is 19.4. The minimum Gasteiger partial charge on any atom is -0.386 e. The minimum atomic E-state index is -0.546. The Morgan fingerprint density at radius 3 is 2.86 bits per heavy atom. The van der Waals surface area contributed by atoms with Gasteiger partial charge < -0.3 is 5.11 Å². The monoisotopic (exact) mass is 394 g/mol. The highest BCUT2D eigenvalue weighted by atomic mass is 16.3. The van der Waals surface area contributed by atoms with Crippen LogP contribution in [0.4, 0.5) is 0 Å². The van der Waals surface area contributed by atoms with Gasteiger partial charge in [0.25, 0.3) is 0 Å². The molecule has 3 fully saturated rings. The Balaban J connectivity index is 1.35. The third kappa shape index (κ3) is 3.01. The topological polar surface area (TPSA) is 63.1 Å². The van der Waals surface area contributed by atoms with Gasteiger partial charge in [0.1, 0.15) is 12.1 Å². The van der Waals surface area contributed by atoms with Crippen molar-refractivity contribution in [1.29, 1.82) is 0 Å². The fourth-order valence-electron chi connectivity index (χ4n) is 7.83. The first-order chi connectivity index (χ1) is 13.9. The standard InChI is InChI=1S/C25H34N2O2/c1-24-10-7-18(28)13-16(24)3-5-19-20-6-4-17(25(20,2)11-8-21(19)24)14-23(29)22-9-12-26-15-27-22/h4,9,12,15-16,19-21,23,29H,3,5-8,10-11,13-14H2,1-2H3/t16?,19-,20-,21+,23?,24-,25+/m0/s1. The molecule has 0 bridgehead atoms. The number of aromatic nitrogens is 2. The Morgan fingerprint density at radius 1 is 1.21 bits per heavy atom. The molecule has 0 spiro atoms. The summed E-state index contributed by atoms with van der Waals surface area (Å²) in [5.74, 6) is 3.35. The van der Waals surface area contributed by atoms with Crippen molar-refractivity contribution in [2.45, 2.75) is 77.7 Å². The molecule has 0 saturated heterocycles. The summed E-state index contributed by atoms with van der Waals surface area (Å²) < 4.78 is 0. The SMILES string of the molecule is C[C@]12CCC(=O)CC1CC[C@@H]1[C@H]2CC[C@]2(C)C(CC(O)c3ccncn3)=CC[C@@H]12. The smallest absolute Gasteiger partial charge is 0.133 e. The number of nitrogens with zero attached hydrogens (tertiary/aromatic N) is 2. The zero-order valence-corrected chi connectivity index (χ0v) is 17.8. The summed E-state index contributed by atoms with van der Waals surface area (Å²) in [5, 5.41) is 10.8. The molecule has 29 heavy (non-hydrogen) atoms. The number of aliphatic hydroxyl groups excluding tert-OH is 1. The molecule has 1 aromatic heterocycles. The van der Waals surface area contributed by atoms with Gasteiger partial charge in [-0.2, -0.15) is 0 Å². The van der Waals surface area contributed by atoms with E-state index in [1.54, 1.807) is 6.20 Å². The molecule has 0 radical (unpaired) electrons. The number of fused-ring (bicyclic) bond motifs is 5. The molecule has 5 rings (SSSR count).